The van der Waals surface area contributed by atoms with E-state index < -0.39 is 63.7 Å². The van der Waals surface area contributed by atoms with Crippen LogP contribution in [0.25, 0.3) is 6.08 Å². The molecule has 3 N–H and O–H groups in total. The maximum absolute atomic E-state index is 14.3. The summed E-state index contributed by atoms with van der Waals surface area (Å²) in [7, 11) is 0. The predicted octanol–water partition coefficient (Wildman–Crippen LogP) is 9.10. The lowest BCUT2D eigenvalue weighted by Crippen LogP contribution is -2.30. The maximum Gasteiger partial charge on any atom is 0.422 e. The van der Waals surface area contributed by atoms with Crippen LogP contribution in [-0.4, -0.2) is 23.0 Å². The van der Waals surface area contributed by atoms with Gasteiger partial charge in [-0.25, -0.2) is 17.6 Å². The van der Waals surface area contributed by atoms with Crippen molar-refractivity contribution in [2.75, 3.05) is 10.6 Å². The summed E-state index contributed by atoms with van der Waals surface area (Å²) >= 11 is 13.1. The van der Waals surface area contributed by atoms with Gasteiger partial charge in [-0.05, 0) is 55.0 Å². The second kappa shape index (κ2) is 15.1. The van der Waals surface area contributed by atoms with Crippen molar-refractivity contribution in [3.63, 3.8) is 0 Å². The Kier molecular flexibility index (Phi) is 11.4. The molecule has 4 aromatic rings. The Labute approximate surface area is 282 Å². The van der Waals surface area contributed by atoms with Crippen LogP contribution in [-0.2, 0) is 15.8 Å². The van der Waals surface area contributed by atoms with Crippen molar-refractivity contribution in [2.24, 2.45) is 0 Å². The first-order valence-electron chi connectivity index (χ1n) is 13.4. The van der Waals surface area contributed by atoms with Crippen LogP contribution in [0.5, 0.6) is 0 Å². The quantitative estimate of drug-likeness (QED) is 0.0695. The summed E-state index contributed by atoms with van der Waals surface area (Å²) in [5, 5.41) is 5.80. The van der Waals surface area contributed by atoms with E-state index in [4.69, 9.17) is 23.2 Å². The van der Waals surface area contributed by atoms with E-state index in [1.54, 1.807) is 35.6 Å². The van der Waals surface area contributed by atoms with Gasteiger partial charge in [0.2, 0.25) is 5.91 Å². The van der Waals surface area contributed by atoms with Gasteiger partial charge in [-0.15, -0.1) is 11.8 Å². The Morgan fingerprint density at radius 2 is 1.44 bits per heavy atom. The number of amides is 3. The lowest BCUT2D eigenvalue weighted by atomic mass is 10.1. The molecule has 0 aliphatic rings. The standard InChI is InChI=1S/C32H20Cl2F7N3O3S/c1-15(29(45)44-28-26(37)24(35)22(32(39,40)41)25(36)27(28)38)48-19-11-6-10-18(14-19)42-31(47)21(13-17-9-5-12-20(33)23(17)34)43-30(46)16-7-3-2-4-8-16/h2-15H,1H3,(H,42,47)(H,43,46)(H,44,45)/b21-13+. The summed E-state index contributed by atoms with van der Waals surface area (Å²) in [6.45, 7) is 1.24. The summed E-state index contributed by atoms with van der Waals surface area (Å²) in [5.41, 5.74) is -4.00. The van der Waals surface area contributed by atoms with Crippen LogP contribution in [0.1, 0.15) is 28.4 Å². The number of rotatable bonds is 9. The van der Waals surface area contributed by atoms with Crippen LogP contribution >= 0.6 is 35.0 Å². The summed E-state index contributed by atoms with van der Waals surface area (Å²) in [6, 6.07) is 18.5. The average Bonchev–Trinajstić information content (AvgIpc) is 3.03. The minimum Gasteiger partial charge on any atom is -0.321 e. The molecule has 6 nitrogen and oxygen atoms in total. The number of benzene rings is 4. The van der Waals surface area contributed by atoms with Gasteiger partial charge in [0.15, 0.2) is 23.3 Å². The number of hydrogen-bond acceptors (Lipinski definition) is 4. The smallest absolute Gasteiger partial charge is 0.321 e. The fraction of sp³-hybridized carbons (Fsp3) is 0.0938. The summed E-state index contributed by atoms with van der Waals surface area (Å²) < 4.78 is 95.2. The van der Waals surface area contributed by atoms with Crippen LogP contribution in [0.4, 0.5) is 42.1 Å². The normalized spacial score (nSPS) is 12.3. The van der Waals surface area contributed by atoms with Crippen molar-refractivity contribution in [2.45, 2.75) is 23.2 Å². The zero-order valence-corrected chi connectivity index (χ0v) is 26.4. The third kappa shape index (κ3) is 8.48. The Morgan fingerprint density at radius 3 is 2.06 bits per heavy atom. The fourth-order valence-electron chi connectivity index (χ4n) is 4.05. The van der Waals surface area contributed by atoms with Crippen molar-refractivity contribution in [1.82, 2.24) is 5.32 Å². The number of nitrogens with one attached hydrogen (secondary N) is 3. The van der Waals surface area contributed by atoms with Crippen LogP contribution in [0.15, 0.2) is 83.4 Å². The largest absolute Gasteiger partial charge is 0.422 e. The van der Waals surface area contributed by atoms with Gasteiger partial charge in [0.1, 0.15) is 16.9 Å². The molecule has 0 heterocycles. The summed E-state index contributed by atoms with van der Waals surface area (Å²) in [5.74, 6) is -12.9. The van der Waals surface area contributed by atoms with Crippen LogP contribution < -0.4 is 16.0 Å². The molecular formula is C32H20Cl2F7N3O3S. The van der Waals surface area contributed by atoms with E-state index in [1.807, 2.05) is 0 Å². The molecule has 0 saturated carbocycles. The maximum atomic E-state index is 14.3. The first kappa shape index (κ1) is 36.3. The minimum atomic E-state index is -5.74. The van der Waals surface area contributed by atoms with E-state index in [2.05, 4.69) is 10.6 Å². The zero-order valence-electron chi connectivity index (χ0n) is 24.1. The molecule has 0 aromatic heterocycles. The Bertz CT molecular complexity index is 1900. The van der Waals surface area contributed by atoms with Gasteiger partial charge >= 0.3 is 6.18 Å². The first-order chi connectivity index (χ1) is 22.6. The lowest BCUT2D eigenvalue weighted by Gasteiger charge is -2.17. The number of alkyl halides is 3. The number of anilines is 2. The Hall–Kier alpha value is -4.53. The molecule has 0 spiro atoms. The van der Waals surface area contributed by atoms with Crippen LogP contribution in [0.2, 0.25) is 10.0 Å². The van der Waals surface area contributed by atoms with Gasteiger partial charge in [-0.1, -0.05) is 59.6 Å². The van der Waals surface area contributed by atoms with Crippen molar-refractivity contribution >= 4 is 70.1 Å². The molecule has 1 atom stereocenters. The number of hydrogen-bond donors (Lipinski definition) is 3. The summed E-state index contributed by atoms with van der Waals surface area (Å²) in [4.78, 5) is 39.2. The molecule has 3 amide bonds. The molecule has 0 aliphatic carbocycles. The van der Waals surface area contributed by atoms with E-state index >= 15 is 0 Å². The Balaban J connectivity index is 1.53. The highest BCUT2D eigenvalue weighted by Crippen LogP contribution is 2.39. The van der Waals surface area contributed by atoms with E-state index in [0.29, 0.717) is 10.5 Å². The zero-order chi connectivity index (χ0) is 35.3. The van der Waals surface area contributed by atoms with E-state index in [-0.39, 0.29) is 27.0 Å². The lowest BCUT2D eigenvalue weighted by molar-refractivity contribution is -0.143. The number of carbonyl (C=O) groups excluding carboxylic acids is 3. The number of halogens is 9. The van der Waals surface area contributed by atoms with Crippen molar-refractivity contribution in [3.05, 3.63) is 128 Å². The molecule has 0 saturated heterocycles. The molecule has 0 bridgehead atoms. The van der Waals surface area contributed by atoms with E-state index in [1.165, 1.54) is 55.5 Å². The molecule has 4 aromatic carbocycles. The summed E-state index contributed by atoms with van der Waals surface area (Å²) in [6.07, 6.45) is -4.44. The molecular weight excluding hydrogens is 710 g/mol. The highest BCUT2D eigenvalue weighted by Gasteiger charge is 2.42. The highest BCUT2D eigenvalue weighted by atomic mass is 35.5. The van der Waals surface area contributed by atoms with Gasteiger partial charge < -0.3 is 16.0 Å². The SMILES string of the molecule is CC(Sc1cccc(NC(=O)/C(=C\c2cccc(Cl)c2Cl)NC(=O)c2ccccc2)c1)C(=O)Nc1c(F)c(F)c(C(F)(F)F)c(F)c1F. The van der Waals surface area contributed by atoms with Gasteiger partial charge in [0, 0.05) is 16.1 Å². The molecule has 4 rings (SSSR count). The van der Waals surface area contributed by atoms with Crippen molar-refractivity contribution in [1.29, 1.82) is 0 Å². The molecule has 16 heteroatoms. The van der Waals surface area contributed by atoms with Gasteiger partial charge in [0.25, 0.3) is 11.8 Å². The molecule has 48 heavy (non-hydrogen) atoms. The van der Waals surface area contributed by atoms with Gasteiger partial charge in [-0.3, -0.25) is 14.4 Å². The third-order valence-corrected chi connectivity index (χ3v) is 8.31. The molecule has 250 valence electrons. The molecule has 0 fully saturated rings. The highest BCUT2D eigenvalue weighted by molar-refractivity contribution is 8.00. The van der Waals surface area contributed by atoms with E-state index in [0.717, 1.165) is 11.8 Å². The minimum absolute atomic E-state index is 0.116. The molecule has 0 radical (unpaired) electrons. The number of carbonyl (C=O) groups is 3. The Morgan fingerprint density at radius 1 is 0.812 bits per heavy atom. The topological polar surface area (TPSA) is 87.3 Å². The second-order valence-electron chi connectivity index (χ2n) is 9.76. The van der Waals surface area contributed by atoms with Gasteiger partial charge in [0.05, 0.1) is 15.3 Å². The monoisotopic (exact) mass is 729 g/mol. The fourth-order valence-corrected chi connectivity index (χ4v) is 5.34. The van der Waals surface area contributed by atoms with Gasteiger partial charge in [-0.2, -0.15) is 13.2 Å². The number of thioether (sulfide) groups is 1. The van der Waals surface area contributed by atoms with Crippen LogP contribution in [0.3, 0.4) is 0 Å². The van der Waals surface area contributed by atoms with Crippen LogP contribution in [0, 0.1) is 23.3 Å². The predicted molar refractivity (Wildman–Crippen MR) is 169 cm³/mol. The second-order valence-corrected chi connectivity index (χ2v) is 12.0. The molecule has 0 aliphatic heterocycles. The van der Waals surface area contributed by atoms with Crippen molar-refractivity contribution in [3.8, 4) is 0 Å². The first-order valence-corrected chi connectivity index (χ1v) is 15.1. The molecule has 1 unspecified atom stereocenters. The third-order valence-electron chi connectivity index (χ3n) is 6.38. The van der Waals surface area contributed by atoms with Crippen molar-refractivity contribution < 1.29 is 45.1 Å². The average molecular weight is 730 g/mol. The van der Waals surface area contributed by atoms with E-state index in [9.17, 15) is 45.1 Å².